The molecule has 2 N–H and O–H groups in total. The van der Waals surface area contributed by atoms with Crippen LogP contribution >= 0.6 is 0 Å². The van der Waals surface area contributed by atoms with Crippen molar-refractivity contribution in [2.75, 3.05) is 0 Å². The van der Waals surface area contributed by atoms with E-state index in [0.29, 0.717) is 11.3 Å². The number of carbonyl (C=O) groups is 1. The Bertz CT molecular complexity index is 915. The van der Waals surface area contributed by atoms with Gasteiger partial charge in [0.05, 0.1) is 6.21 Å². The Hall–Kier alpha value is -3.29. The molecule has 2 aromatic heterocycles. The molecule has 1 amide bonds. The van der Waals surface area contributed by atoms with Gasteiger partial charge in [0.2, 0.25) is 5.82 Å². The fourth-order valence-corrected chi connectivity index (χ4v) is 2.08. The fraction of sp³-hybridized carbons (Fsp3) is 0.133. The van der Waals surface area contributed by atoms with Crippen LogP contribution in [0.15, 0.2) is 35.4 Å². The highest BCUT2D eigenvalue weighted by atomic mass is 16.3. The Balaban J connectivity index is 1.77. The molecule has 3 aromatic rings. The number of aryl methyl sites for hydroxylation is 2. The van der Waals surface area contributed by atoms with Crippen molar-refractivity contribution in [3.8, 4) is 5.75 Å². The van der Waals surface area contributed by atoms with Crippen LogP contribution in [0.25, 0.3) is 5.78 Å². The Kier molecular flexibility index (Phi) is 3.71. The standard InChI is InChI=1S/C15H14N6O2/c1-9-6-10(2)21-15(17-9)18-13(20-21)14(23)19-16-8-11-4-3-5-12(22)7-11/h3-8,22H,1-2H3,(H,19,23)/b16-8+. The highest BCUT2D eigenvalue weighted by Crippen LogP contribution is 2.08. The molecule has 1 aromatic carbocycles. The zero-order valence-electron chi connectivity index (χ0n) is 12.6. The number of amides is 1. The van der Waals surface area contributed by atoms with E-state index in [9.17, 15) is 9.90 Å². The second-order valence-corrected chi connectivity index (χ2v) is 4.98. The molecule has 8 nitrogen and oxygen atoms in total. The first-order valence-electron chi connectivity index (χ1n) is 6.86. The van der Waals surface area contributed by atoms with E-state index in [1.165, 1.54) is 16.8 Å². The first kappa shape index (κ1) is 14.6. The molecule has 0 atom stereocenters. The zero-order chi connectivity index (χ0) is 16.4. The monoisotopic (exact) mass is 310 g/mol. The maximum absolute atomic E-state index is 12.0. The van der Waals surface area contributed by atoms with Gasteiger partial charge >= 0.3 is 5.91 Å². The maximum Gasteiger partial charge on any atom is 0.311 e. The average molecular weight is 310 g/mol. The molecule has 0 unspecified atom stereocenters. The number of nitrogens with zero attached hydrogens (tertiary/aromatic N) is 5. The number of hydrazone groups is 1. The van der Waals surface area contributed by atoms with Crippen LogP contribution in [0.3, 0.4) is 0 Å². The van der Waals surface area contributed by atoms with Gasteiger partial charge in [0.15, 0.2) is 0 Å². The molecule has 0 fully saturated rings. The van der Waals surface area contributed by atoms with Crippen molar-refractivity contribution in [3.63, 3.8) is 0 Å². The van der Waals surface area contributed by atoms with Crippen LogP contribution in [0.1, 0.15) is 27.6 Å². The van der Waals surface area contributed by atoms with Crippen molar-refractivity contribution < 1.29 is 9.90 Å². The number of hydrogen-bond donors (Lipinski definition) is 2. The minimum Gasteiger partial charge on any atom is -0.508 e. The lowest BCUT2D eigenvalue weighted by atomic mass is 10.2. The fourth-order valence-electron chi connectivity index (χ4n) is 2.08. The van der Waals surface area contributed by atoms with Crippen LogP contribution in [-0.4, -0.2) is 36.8 Å². The van der Waals surface area contributed by atoms with Gasteiger partial charge in [0, 0.05) is 11.4 Å². The molecule has 0 saturated carbocycles. The molecule has 0 saturated heterocycles. The molecule has 0 spiro atoms. The average Bonchev–Trinajstić information content (AvgIpc) is 2.91. The summed E-state index contributed by atoms with van der Waals surface area (Å²) in [6.45, 7) is 3.71. The Labute approximate surface area is 131 Å². The van der Waals surface area contributed by atoms with E-state index < -0.39 is 5.91 Å². The van der Waals surface area contributed by atoms with Crippen molar-refractivity contribution >= 4 is 17.9 Å². The van der Waals surface area contributed by atoms with Crippen molar-refractivity contribution in [1.82, 2.24) is 25.0 Å². The quantitative estimate of drug-likeness (QED) is 0.559. The van der Waals surface area contributed by atoms with Gasteiger partial charge in [-0.25, -0.2) is 14.9 Å². The zero-order valence-corrected chi connectivity index (χ0v) is 12.6. The highest BCUT2D eigenvalue weighted by Gasteiger charge is 2.14. The van der Waals surface area contributed by atoms with E-state index in [-0.39, 0.29) is 11.6 Å². The summed E-state index contributed by atoms with van der Waals surface area (Å²) in [4.78, 5) is 20.3. The molecule has 0 aliphatic carbocycles. The van der Waals surface area contributed by atoms with Crippen LogP contribution in [0.2, 0.25) is 0 Å². The summed E-state index contributed by atoms with van der Waals surface area (Å²) >= 11 is 0. The van der Waals surface area contributed by atoms with Gasteiger partial charge in [-0.15, -0.1) is 5.10 Å². The summed E-state index contributed by atoms with van der Waals surface area (Å²) in [5, 5.41) is 17.3. The molecule has 2 heterocycles. The summed E-state index contributed by atoms with van der Waals surface area (Å²) in [6, 6.07) is 8.35. The van der Waals surface area contributed by atoms with Crippen LogP contribution < -0.4 is 5.43 Å². The summed E-state index contributed by atoms with van der Waals surface area (Å²) < 4.78 is 1.50. The first-order valence-corrected chi connectivity index (χ1v) is 6.86. The third-order valence-corrected chi connectivity index (χ3v) is 3.07. The molecule has 3 rings (SSSR count). The summed E-state index contributed by atoms with van der Waals surface area (Å²) in [7, 11) is 0. The third-order valence-electron chi connectivity index (χ3n) is 3.07. The summed E-state index contributed by atoms with van der Waals surface area (Å²) in [5.41, 5.74) is 4.64. The smallest absolute Gasteiger partial charge is 0.311 e. The largest absolute Gasteiger partial charge is 0.508 e. The first-order chi connectivity index (χ1) is 11.0. The molecular formula is C15H14N6O2. The van der Waals surface area contributed by atoms with Crippen LogP contribution in [0.4, 0.5) is 0 Å². The molecule has 8 heteroatoms. The maximum atomic E-state index is 12.0. The number of aromatic hydroxyl groups is 1. The van der Waals surface area contributed by atoms with Crippen LogP contribution in [0.5, 0.6) is 5.75 Å². The van der Waals surface area contributed by atoms with Gasteiger partial charge in [-0.3, -0.25) is 4.79 Å². The summed E-state index contributed by atoms with van der Waals surface area (Å²) in [6.07, 6.45) is 1.42. The van der Waals surface area contributed by atoms with Gasteiger partial charge in [-0.05, 0) is 37.6 Å². The number of hydrogen-bond acceptors (Lipinski definition) is 6. The minimum atomic E-state index is -0.538. The SMILES string of the molecule is Cc1cc(C)n2nc(C(=O)N/N=C/c3cccc(O)c3)nc2n1. The lowest BCUT2D eigenvalue weighted by Crippen LogP contribution is -2.19. The third kappa shape index (κ3) is 3.15. The van der Waals surface area contributed by atoms with Gasteiger partial charge in [-0.2, -0.15) is 10.1 Å². The topological polar surface area (TPSA) is 105 Å². The molecule has 23 heavy (non-hydrogen) atoms. The second kappa shape index (κ2) is 5.84. The molecule has 116 valence electrons. The number of rotatable bonds is 3. The Morgan fingerprint density at radius 1 is 1.30 bits per heavy atom. The number of aromatic nitrogens is 4. The van der Waals surface area contributed by atoms with Crippen molar-refractivity contribution in [2.45, 2.75) is 13.8 Å². The van der Waals surface area contributed by atoms with Gasteiger partial charge in [0.25, 0.3) is 5.78 Å². The lowest BCUT2D eigenvalue weighted by molar-refractivity contribution is 0.0945. The second-order valence-electron chi connectivity index (χ2n) is 4.98. The molecular weight excluding hydrogens is 296 g/mol. The van der Waals surface area contributed by atoms with Crippen LogP contribution in [0, 0.1) is 13.8 Å². The van der Waals surface area contributed by atoms with E-state index in [2.05, 4.69) is 25.6 Å². The molecule has 0 radical (unpaired) electrons. The van der Waals surface area contributed by atoms with E-state index in [1.807, 2.05) is 19.9 Å². The molecule has 0 aliphatic heterocycles. The Morgan fingerprint density at radius 3 is 2.91 bits per heavy atom. The number of phenolic OH excluding ortho intramolecular Hbond substituents is 1. The normalized spacial score (nSPS) is 11.2. The summed E-state index contributed by atoms with van der Waals surface area (Å²) in [5.74, 6) is -0.0629. The predicted octanol–water partition coefficient (Wildman–Crippen LogP) is 1.21. The molecule has 0 aliphatic rings. The lowest BCUT2D eigenvalue weighted by Gasteiger charge is -1.97. The highest BCUT2D eigenvalue weighted by molar-refractivity contribution is 5.91. The van der Waals surface area contributed by atoms with Gasteiger partial charge in [-0.1, -0.05) is 12.1 Å². The van der Waals surface area contributed by atoms with Crippen LogP contribution in [-0.2, 0) is 0 Å². The Morgan fingerprint density at radius 2 is 2.13 bits per heavy atom. The predicted molar refractivity (Wildman–Crippen MR) is 83.4 cm³/mol. The van der Waals surface area contributed by atoms with Crippen molar-refractivity contribution in [2.24, 2.45) is 5.10 Å². The number of phenols is 1. The van der Waals surface area contributed by atoms with E-state index >= 15 is 0 Å². The number of carbonyl (C=O) groups excluding carboxylic acids is 1. The number of fused-ring (bicyclic) bond motifs is 1. The van der Waals surface area contributed by atoms with E-state index in [4.69, 9.17) is 0 Å². The van der Waals surface area contributed by atoms with Crippen molar-refractivity contribution in [3.05, 3.63) is 53.1 Å². The number of nitrogens with one attached hydrogen (secondary N) is 1. The van der Waals surface area contributed by atoms with E-state index in [0.717, 1.165) is 11.4 Å². The van der Waals surface area contributed by atoms with Gasteiger partial charge in [0.1, 0.15) is 5.75 Å². The number of benzene rings is 1. The minimum absolute atomic E-state index is 0.0146. The van der Waals surface area contributed by atoms with Gasteiger partial charge < -0.3 is 5.11 Å². The van der Waals surface area contributed by atoms with E-state index in [1.54, 1.807) is 18.2 Å². The van der Waals surface area contributed by atoms with Crippen molar-refractivity contribution in [1.29, 1.82) is 0 Å². The molecule has 0 bridgehead atoms.